The Morgan fingerprint density at radius 2 is 1.92 bits per heavy atom. The Labute approximate surface area is 151 Å². The molecule has 0 unspecified atom stereocenters. The number of nitrogens with one attached hydrogen (secondary N) is 1. The van der Waals surface area contributed by atoms with Crippen LogP contribution in [-0.4, -0.2) is 67.1 Å². The predicted molar refractivity (Wildman–Crippen MR) is 101 cm³/mol. The molecule has 0 radical (unpaired) electrons. The zero-order valence-corrected chi connectivity index (χ0v) is 15.6. The molecule has 2 aliphatic rings. The molecule has 1 saturated heterocycles. The lowest BCUT2D eigenvalue weighted by molar-refractivity contribution is 0.173. The van der Waals surface area contributed by atoms with E-state index in [4.69, 9.17) is 0 Å². The van der Waals surface area contributed by atoms with E-state index in [-0.39, 0.29) is 6.03 Å². The number of urea groups is 1. The molecule has 1 aliphatic carbocycles. The molecule has 6 heteroatoms. The Hall–Kier alpha value is -1.82. The van der Waals surface area contributed by atoms with Gasteiger partial charge in [-0.25, -0.2) is 9.78 Å². The summed E-state index contributed by atoms with van der Waals surface area (Å²) in [5.41, 5.74) is 1.04. The first-order valence-corrected chi connectivity index (χ1v) is 9.52. The number of piperazine rings is 1. The molecular weight excluding hydrogens is 314 g/mol. The van der Waals surface area contributed by atoms with Crippen molar-refractivity contribution in [1.82, 2.24) is 20.1 Å². The molecule has 0 bridgehead atoms. The van der Waals surface area contributed by atoms with E-state index in [1.165, 1.54) is 19.3 Å². The van der Waals surface area contributed by atoms with Crippen molar-refractivity contribution in [3.63, 3.8) is 0 Å². The number of aromatic nitrogens is 1. The minimum Gasteiger partial charge on any atom is -0.354 e. The van der Waals surface area contributed by atoms with Gasteiger partial charge >= 0.3 is 6.03 Å². The Morgan fingerprint density at radius 3 is 2.56 bits per heavy atom. The maximum atomic E-state index is 12.3. The van der Waals surface area contributed by atoms with Gasteiger partial charge in [0.1, 0.15) is 5.82 Å². The van der Waals surface area contributed by atoms with Gasteiger partial charge in [0.2, 0.25) is 0 Å². The number of amides is 2. The SMILES string of the molecule is CN1CCN(c2ccc(CNC(=O)N(C)C3CCCCC3)cn2)CC1. The Morgan fingerprint density at radius 1 is 1.20 bits per heavy atom. The lowest BCUT2D eigenvalue weighted by atomic mass is 9.95. The average Bonchev–Trinajstić information content (AvgIpc) is 2.67. The summed E-state index contributed by atoms with van der Waals surface area (Å²) in [6.45, 7) is 4.73. The van der Waals surface area contributed by atoms with Crippen LogP contribution in [0.5, 0.6) is 0 Å². The molecule has 0 atom stereocenters. The average molecular weight is 345 g/mol. The van der Waals surface area contributed by atoms with Gasteiger partial charge in [0.15, 0.2) is 0 Å². The molecule has 2 fully saturated rings. The van der Waals surface area contributed by atoms with Gasteiger partial charge in [-0.3, -0.25) is 0 Å². The number of hydrogen-bond donors (Lipinski definition) is 1. The number of carbonyl (C=O) groups is 1. The van der Waals surface area contributed by atoms with E-state index in [0.717, 1.165) is 50.4 Å². The Balaban J connectivity index is 1.47. The van der Waals surface area contributed by atoms with Crippen LogP contribution < -0.4 is 10.2 Å². The Kier molecular flexibility index (Phi) is 6.13. The van der Waals surface area contributed by atoms with Crippen molar-refractivity contribution < 1.29 is 4.79 Å². The maximum Gasteiger partial charge on any atom is 0.317 e. The highest BCUT2D eigenvalue weighted by molar-refractivity contribution is 5.74. The highest BCUT2D eigenvalue weighted by Gasteiger charge is 2.21. The molecule has 25 heavy (non-hydrogen) atoms. The molecule has 1 aromatic heterocycles. The summed E-state index contributed by atoms with van der Waals surface area (Å²) < 4.78 is 0. The number of hydrogen-bond acceptors (Lipinski definition) is 4. The van der Waals surface area contributed by atoms with Crippen molar-refractivity contribution in [2.75, 3.05) is 45.2 Å². The zero-order chi connectivity index (χ0) is 17.6. The van der Waals surface area contributed by atoms with Crippen molar-refractivity contribution in [3.8, 4) is 0 Å². The van der Waals surface area contributed by atoms with Gasteiger partial charge in [-0.15, -0.1) is 0 Å². The van der Waals surface area contributed by atoms with Crippen molar-refractivity contribution >= 4 is 11.8 Å². The van der Waals surface area contributed by atoms with Gasteiger partial charge in [-0.05, 0) is 31.5 Å². The van der Waals surface area contributed by atoms with Crippen LogP contribution in [0.25, 0.3) is 0 Å². The monoisotopic (exact) mass is 345 g/mol. The summed E-state index contributed by atoms with van der Waals surface area (Å²) in [7, 11) is 4.07. The van der Waals surface area contributed by atoms with Gasteiger partial charge < -0.3 is 20.0 Å². The van der Waals surface area contributed by atoms with E-state index in [1.54, 1.807) is 0 Å². The summed E-state index contributed by atoms with van der Waals surface area (Å²) >= 11 is 0. The van der Waals surface area contributed by atoms with Gasteiger partial charge in [0.05, 0.1) is 0 Å². The van der Waals surface area contributed by atoms with Crippen LogP contribution in [0.15, 0.2) is 18.3 Å². The largest absolute Gasteiger partial charge is 0.354 e. The van der Waals surface area contributed by atoms with Crippen molar-refractivity contribution in [2.45, 2.75) is 44.7 Å². The zero-order valence-electron chi connectivity index (χ0n) is 15.6. The standard InChI is InChI=1S/C19H31N5O/c1-22-10-12-24(13-11-22)18-9-8-16(14-20-18)15-21-19(25)23(2)17-6-4-3-5-7-17/h8-9,14,17H,3-7,10-13,15H2,1-2H3,(H,21,25). The number of carbonyl (C=O) groups excluding carboxylic acids is 1. The summed E-state index contributed by atoms with van der Waals surface area (Å²) in [5.74, 6) is 1.03. The van der Waals surface area contributed by atoms with Gasteiger partial charge in [-0.2, -0.15) is 0 Å². The van der Waals surface area contributed by atoms with Crippen LogP contribution in [0, 0.1) is 0 Å². The second-order valence-electron chi connectivity index (χ2n) is 7.38. The molecule has 6 nitrogen and oxygen atoms in total. The quantitative estimate of drug-likeness (QED) is 0.910. The normalized spacial score (nSPS) is 19.7. The van der Waals surface area contributed by atoms with E-state index in [2.05, 4.69) is 39.3 Å². The first-order chi connectivity index (χ1) is 12.1. The number of nitrogens with zero attached hydrogens (tertiary/aromatic N) is 4. The van der Waals surface area contributed by atoms with Gasteiger partial charge in [0.25, 0.3) is 0 Å². The number of anilines is 1. The van der Waals surface area contributed by atoms with E-state index >= 15 is 0 Å². The highest BCUT2D eigenvalue weighted by Crippen LogP contribution is 2.21. The van der Waals surface area contributed by atoms with Gasteiger partial charge in [-0.1, -0.05) is 25.3 Å². The molecule has 1 aliphatic heterocycles. The lowest BCUT2D eigenvalue weighted by Crippen LogP contribution is -2.45. The van der Waals surface area contributed by atoms with Crippen molar-refractivity contribution in [3.05, 3.63) is 23.9 Å². The van der Waals surface area contributed by atoms with E-state index in [0.29, 0.717) is 12.6 Å². The second kappa shape index (κ2) is 8.52. The van der Waals surface area contributed by atoms with E-state index in [1.807, 2.05) is 18.1 Å². The summed E-state index contributed by atoms with van der Waals surface area (Å²) in [5, 5.41) is 3.03. The summed E-state index contributed by atoms with van der Waals surface area (Å²) in [6.07, 6.45) is 7.92. The Bertz CT molecular complexity index is 547. The minimum atomic E-state index is 0.0232. The molecule has 1 N–H and O–H groups in total. The molecule has 2 amide bonds. The fourth-order valence-electron chi connectivity index (χ4n) is 3.68. The van der Waals surface area contributed by atoms with Crippen LogP contribution in [0.4, 0.5) is 10.6 Å². The molecule has 1 saturated carbocycles. The number of pyridine rings is 1. The highest BCUT2D eigenvalue weighted by atomic mass is 16.2. The molecule has 2 heterocycles. The lowest BCUT2D eigenvalue weighted by Gasteiger charge is -2.33. The summed E-state index contributed by atoms with van der Waals surface area (Å²) in [4.78, 5) is 23.5. The molecule has 1 aromatic rings. The molecular formula is C19H31N5O. The van der Waals surface area contributed by atoms with E-state index in [9.17, 15) is 4.79 Å². The first-order valence-electron chi connectivity index (χ1n) is 9.52. The van der Waals surface area contributed by atoms with Gasteiger partial charge in [0, 0.05) is 52.0 Å². The van der Waals surface area contributed by atoms with Crippen LogP contribution >= 0.6 is 0 Å². The summed E-state index contributed by atoms with van der Waals surface area (Å²) in [6, 6.07) is 4.56. The fourth-order valence-corrected chi connectivity index (χ4v) is 3.68. The molecule has 138 valence electrons. The minimum absolute atomic E-state index is 0.0232. The third kappa shape index (κ3) is 4.84. The third-order valence-corrected chi connectivity index (χ3v) is 5.52. The van der Waals surface area contributed by atoms with Crippen LogP contribution in [0.1, 0.15) is 37.7 Å². The molecule has 0 spiro atoms. The number of rotatable bonds is 4. The molecule has 0 aromatic carbocycles. The van der Waals surface area contributed by atoms with Crippen LogP contribution in [-0.2, 0) is 6.54 Å². The number of likely N-dealkylation sites (N-methyl/N-ethyl adjacent to an activating group) is 1. The van der Waals surface area contributed by atoms with Crippen molar-refractivity contribution in [2.24, 2.45) is 0 Å². The predicted octanol–water partition coefficient (Wildman–Crippen LogP) is 2.31. The fraction of sp³-hybridized carbons (Fsp3) is 0.684. The van der Waals surface area contributed by atoms with Crippen LogP contribution in [0.2, 0.25) is 0 Å². The second-order valence-corrected chi connectivity index (χ2v) is 7.38. The smallest absolute Gasteiger partial charge is 0.317 e. The van der Waals surface area contributed by atoms with Crippen molar-refractivity contribution in [1.29, 1.82) is 0 Å². The third-order valence-electron chi connectivity index (χ3n) is 5.52. The van der Waals surface area contributed by atoms with E-state index < -0.39 is 0 Å². The van der Waals surface area contributed by atoms with Crippen LogP contribution in [0.3, 0.4) is 0 Å². The molecule has 3 rings (SSSR count). The maximum absolute atomic E-state index is 12.3. The first kappa shape index (κ1) is 18.0. The topological polar surface area (TPSA) is 51.7 Å².